The maximum atomic E-state index is 14.2. The summed E-state index contributed by atoms with van der Waals surface area (Å²) in [6, 6.07) is 20.3. The molecule has 1 fully saturated rings. The monoisotopic (exact) mass is 550 g/mol. The van der Waals surface area contributed by atoms with Gasteiger partial charge in [-0.05, 0) is 51.0 Å². The van der Waals surface area contributed by atoms with Crippen molar-refractivity contribution in [3.05, 3.63) is 116 Å². The predicted octanol–water partition coefficient (Wildman–Crippen LogP) is 5.90. The molecule has 0 N–H and O–H groups in total. The van der Waals surface area contributed by atoms with Gasteiger partial charge in [0.25, 0.3) is 0 Å². The highest BCUT2D eigenvalue weighted by atomic mass is 16.6. The number of hydrogen-bond acceptors (Lipinski definition) is 8. The number of Topliss-reactive ketones (excluding diaryl/α,β-unsaturated/α-hetero) is 1. The van der Waals surface area contributed by atoms with Crippen LogP contribution in [-0.4, -0.2) is 27.9 Å². The van der Waals surface area contributed by atoms with Crippen LogP contribution in [0.25, 0.3) is 0 Å². The zero-order valence-corrected chi connectivity index (χ0v) is 22.6. The van der Waals surface area contributed by atoms with Gasteiger partial charge in [0.1, 0.15) is 23.0 Å². The van der Waals surface area contributed by atoms with Gasteiger partial charge in [-0.1, -0.05) is 64.8 Å². The van der Waals surface area contributed by atoms with Crippen LogP contribution in [0, 0.1) is 36.8 Å². The third kappa shape index (κ3) is 3.51. The fourth-order valence-corrected chi connectivity index (χ4v) is 7.12. The lowest BCUT2D eigenvalue weighted by Crippen LogP contribution is -2.57. The minimum Gasteiger partial charge on any atom is -0.488 e. The van der Waals surface area contributed by atoms with E-state index in [-0.39, 0.29) is 29.3 Å². The molecule has 9 heteroatoms. The summed E-state index contributed by atoms with van der Waals surface area (Å²) < 4.78 is 18.2. The molecule has 0 unspecified atom stereocenters. The van der Waals surface area contributed by atoms with Crippen LogP contribution >= 0.6 is 0 Å². The summed E-state index contributed by atoms with van der Waals surface area (Å²) >= 11 is 0. The number of carbonyl (C=O) groups excluding carboxylic acids is 2. The van der Waals surface area contributed by atoms with E-state index in [1.807, 2.05) is 56.3 Å². The molecule has 3 aromatic carbocycles. The zero-order chi connectivity index (χ0) is 28.6. The Labute approximate surface area is 235 Å². The van der Waals surface area contributed by atoms with Crippen molar-refractivity contribution in [2.45, 2.75) is 50.5 Å². The lowest BCUT2D eigenvalue weighted by Gasteiger charge is -2.51. The van der Waals surface area contributed by atoms with Crippen molar-refractivity contribution >= 4 is 17.4 Å². The number of benzene rings is 3. The van der Waals surface area contributed by atoms with Crippen molar-refractivity contribution in [1.82, 2.24) is 5.16 Å². The second kappa shape index (κ2) is 8.86. The molecule has 1 spiro atoms. The second-order valence-electron chi connectivity index (χ2n) is 11.3. The molecule has 206 valence electrons. The first kappa shape index (κ1) is 25.2. The molecule has 4 aromatic rings. The molecular formula is C32H26N2O7. The molecule has 3 aliphatic rings. The van der Waals surface area contributed by atoms with Gasteiger partial charge in [-0.15, -0.1) is 0 Å². The van der Waals surface area contributed by atoms with Gasteiger partial charge in [0.05, 0.1) is 22.3 Å². The molecule has 1 aromatic heterocycles. The molecule has 1 aliphatic carbocycles. The smallest absolute Gasteiger partial charge is 0.334 e. The summed E-state index contributed by atoms with van der Waals surface area (Å²) in [4.78, 5) is 40.3. The number of rotatable bonds is 3. The first-order valence-electron chi connectivity index (χ1n) is 13.5. The van der Waals surface area contributed by atoms with Crippen molar-refractivity contribution in [2.24, 2.45) is 5.92 Å². The molecule has 0 bridgehead atoms. The highest BCUT2D eigenvalue weighted by molar-refractivity contribution is 6.03. The first-order valence-corrected chi connectivity index (χ1v) is 13.5. The van der Waals surface area contributed by atoms with Crippen LogP contribution in [0.15, 0.2) is 71.3 Å². The Morgan fingerprint density at radius 1 is 0.951 bits per heavy atom. The number of esters is 1. The summed E-state index contributed by atoms with van der Waals surface area (Å²) in [7, 11) is 0. The number of ether oxygens (including phenoxy) is 2. The molecule has 9 nitrogen and oxygen atoms in total. The van der Waals surface area contributed by atoms with Crippen LogP contribution in [-0.2, 0) is 10.2 Å². The van der Waals surface area contributed by atoms with E-state index in [4.69, 9.17) is 14.0 Å². The van der Waals surface area contributed by atoms with E-state index in [9.17, 15) is 19.7 Å². The maximum absolute atomic E-state index is 14.2. The van der Waals surface area contributed by atoms with E-state index in [0.29, 0.717) is 22.6 Å². The van der Waals surface area contributed by atoms with Crippen LogP contribution in [0.2, 0.25) is 0 Å². The SMILES string of the molecule is Cc1ccc([C@@H]2[C@@H](c3onc(C)c3[N+](=O)[O-])[C@@H]3Oc4ccc(C)cc4C(=O)[C@H]3C[C@]23C(=O)Oc2ccccc23)cc1. The van der Waals surface area contributed by atoms with Gasteiger partial charge in [-0.2, -0.15) is 0 Å². The topological polar surface area (TPSA) is 122 Å². The van der Waals surface area contributed by atoms with Crippen molar-refractivity contribution in [3.63, 3.8) is 0 Å². The first-order chi connectivity index (χ1) is 19.7. The van der Waals surface area contributed by atoms with E-state index >= 15 is 0 Å². The second-order valence-corrected chi connectivity index (χ2v) is 11.3. The Kier molecular flexibility index (Phi) is 5.44. The number of ketones is 1. The van der Waals surface area contributed by atoms with Gasteiger partial charge in [0, 0.05) is 11.5 Å². The molecule has 41 heavy (non-hydrogen) atoms. The summed E-state index contributed by atoms with van der Waals surface area (Å²) in [5, 5.41) is 16.3. The Hall–Kier alpha value is -4.79. The molecule has 1 saturated carbocycles. The van der Waals surface area contributed by atoms with Crippen molar-refractivity contribution in [2.75, 3.05) is 0 Å². The van der Waals surface area contributed by atoms with E-state index in [1.54, 1.807) is 24.3 Å². The van der Waals surface area contributed by atoms with Crippen LogP contribution in [0.5, 0.6) is 11.5 Å². The molecule has 3 heterocycles. The van der Waals surface area contributed by atoms with E-state index in [0.717, 1.165) is 16.7 Å². The van der Waals surface area contributed by atoms with E-state index in [1.165, 1.54) is 6.92 Å². The summed E-state index contributed by atoms with van der Waals surface area (Å²) in [5.74, 6) is -2.35. The summed E-state index contributed by atoms with van der Waals surface area (Å²) in [6.45, 7) is 5.36. The van der Waals surface area contributed by atoms with Gasteiger partial charge in [-0.25, -0.2) is 0 Å². The molecule has 0 radical (unpaired) electrons. The normalized spacial score (nSPS) is 26.1. The number of para-hydroxylation sites is 1. The lowest BCUT2D eigenvalue weighted by atomic mass is 9.52. The van der Waals surface area contributed by atoms with Crippen molar-refractivity contribution in [3.8, 4) is 11.5 Å². The number of carbonyl (C=O) groups is 2. The fraction of sp³-hybridized carbons (Fsp3) is 0.281. The molecule has 2 aliphatic heterocycles. The van der Waals surface area contributed by atoms with Gasteiger partial charge in [0.2, 0.25) is 5.76 Å². The fourth-order valence-electron chi connectivity index (χ4n) is 7.12. The van der Waals surface area contributed by atoms with Crippen LogP contribution < -0.4 is 9.47 Å². The Balaban J connectivity index is 1.56. The van der Waals surface area contributed by atoms with Crippen LogP contribution in [0.4, 0.5) is 5.69 Å². The largest absolute Gasteiger partial charge is 0.488 e. The number of fused-ring (bicyclic) bond motifs is 4. The van der Waals surface area contributed by atoms with E-state index in [2.05, 4.69) is 5.16 Å². The predicted molar refractivity (Wildman–Crippen MR) is 146 cm³/mol. The van der Waals surface area contributed by atoms with Gasteiger partial charge < -0.3 is 14.0 Å². The minimum atomic E-state index is -1.34. The third-order valence-corrected chi connectivity index (χ3v) is 8.90. The molecule has 0 saturated heterocycles. The zero-order valence-electron chi connectivity index (χ0n) is 22.6. The van der Waals surface area contributed by atoms with Gasteiger partial charge in [-0.3, -0.25) is 19.7 Å². The summed E-state index contributed by atoms with van der Waals surface area (Å²) in [5.41, 5.74) is 2.21. The molecule has 0 amide bonds. The highest BCUT2D eigenvalue weighted by Crippen LogP contribution is 2.64. The standard InChI is InChI=1S/C32H26N2O7/c1-16-8-11-19(12-9-16)26-25(30-27(34(37)38)18(3)33-41-30)29-21(28(35)20-14-17(2)10-13-23(20)39-29)15-32(26)22-6-4-5-7-24(22)40-31(32)36/h4-14,21,25-26,29H,15H2,1-3H3/t21-,25-,26-,29-,32-/m1/s1. The van der Waals surface area contributed by atoms with Gasteiger partial charge >= 0.3 is 11.7 Å². The Bertz CT molecular complexity index is 1760. The number of aromatic nitrogens is 1. The van der Waals surface area contributed by atoms with Crippen LogP contribution in [0.1, 0.15) is 62.3 Å². The Morgan fingerprint density at radius 2 is 1.68 bits per heavy atom. The summed E-state index contributed by atoms with van der Waals surface area (Å²) in [6.07, 6.45) is -0.753. The molecule has 7 rings (SSSR count). The third-order valence-electron chi connectivity index (χ3n) is 8.90. The minimum absolute atomic E-state index is 0.0207. The van der Waals surface area contributed by atoms with Crippen molar-refractivity contribution < 1.29 is 28.5 Å². The van der Waals surface area contributed by atoms with Gasteiger partial charge in [0.15, 0.2) is 11.5 Å². The number of aryl methyl sites for hydroxylation is 3. The number of hydrogen-bond donors (Lipinski definition) is 0. The highest BCUT2D eigenvalue weighted by Gasteiger charge is 2.67. The average Bonchev–Trinajstić information content (AvgIpc) is 3.47. The van der Waals surface area contributed by atoms with E-state index < -0.39 is 40.2 Å². The lowest BCUT2D eigenvalue weighted by molar-refractivity contribution is -0.387. The number of nitrogens with zero attached hydrogens (tertiary/aromatic N) is 2. The average molecular weight is 551 g/mol. The molecular weight excluding hydrogens is 524 g/mol. The molecule has 5 atom stereocenters. The Morgan fingerprint density at radius 3 is 2.44 bits per heavy atom. The van der Waals surface area contributed by atoms with Crippen LogP contribution in [0.3, 0.4) is 0 Å². The maximum Gasteiger partial charge on any atom is 0.334 e. The quantitative estimate of drug-likeness (QED) is 0.134. The number of nitro groups is 1. The van der Waals surface area contributed by atoms with Crippen molar-refractivity contribution in [1.29, 1.82) is 0 Å².